The highest BCUT2D eigenvalue weighted by Gasteiger charge is 2.50. The van der Waals surface area contributed by atoms with Gasteiger partial charge in [-0.1, -0.05) is 37.3 Å². The third-order valence-electron chi connectivity index (χ3n) is 3.85. The minimum atomic E-state index is -2.00. The summed E-state index contributed by atoms with van der Waals surface area (Å²) < 4.78 is 0. The van der Waals surface area contributed by atoms with Crippen molar-refractivity contribution in [3.63, 3.8) is 0 Å². The number of carbonyl (C=O) groups excluding carboxylic acids is 2. The molecule has 2 aromatic rings. The number of carbonyl (C=O) groups is 2. The summed E-state index contributed by atoms with van der Waals surface area (Å²) in [5.74, 6) is -1.13. The molecule has 0 aliphatic carbocycles. The third-order valence-corrected chi connectivity index (χ3v) is 3.85. The molecule has 0 aromatic heterocycles. The van der Waals surface area contributed by atoms with E-state index in [0.717, 1.165) is 0 Å². The summed E-state index contributed by atoms with van der Waals surface area (Å²) in [5.41, 5.74) is -0.485. The van der Waals surface area contributed by atoms with Crippen LogP contribution < -0.4 is 4.90 Å². The number of Topliss-reactive ketones (excluding diaryl/α,β-unsaturated/α-hetero) is 1. The van der Waals surface area contributed by atoms with Gasteiger partial charge < -0.3 is 5.11 Å². The molecule has 106 valence electrons. The lowest BCUT2D eigenvalue weighted by atomic mass is 9.84. The second-order valence-electron chi connectivity index (χ2n) is 5.04. The summed E-state index contributed by atoms with van der Waals surface area (Å²) in [6.45, 7) is 1.63. The first kappa shape index (κ1) is 13.5. The van der Waals surface area contributed by atoms with E-state index in [0.29, 0.717) is 16.9 Å². The molecule has 0 saturated heterocycles. The first-order chi connectivity index (χ1) is 10.1. The summed E-state index contributed by atoms with van der Waals surface area (Å²) in [6, 6.07) is 15.9. The molecular formula is C17H15NO3. The molecule has 1 unspecified atom stereocenters. The van der Waals surface area contributed by atoms with E-state index < -0.39 is 17.3 Å². The lowest BCUT2D eigenvalue weighted by molar-refractivity contribution is -0.132. The minimum Gasteiger partial charge on any atom is -0.373 e. The van der Waals surface area contributed by atoms with Gasteiger partial charge >= 0.3 is 0 Å². The number of aliphatic hydroxyl groups is 1. The van der Waals surface area contributed by atoms with Crippen molar-refractivity contribution in [3.8, 4) is 0 Å². The van der Waals surface area contributed by atoms with E-state index in [9.17, 15) is 14.7 Å². The maximum Gasteiger partial charge on any atom is 0.271 e. The average molecular weight is 281 g/mol. The highest BCUT2D eigenvalue weighted by atomic mass is 16.3. The van der Waals surface area contributed by atoms with E-state index >= 15 is 0 Å². The minimum absolute atomic E-state index is 0.0440. The van der Waals surface area contributed by atoms with Crippen LogP contribution >= 0.6 is 0 Å². The normalized spacial score (nSPS) is 21.3. The molecule has 1 aliphatic rings. The monoisotopic (exact) mass is 281 g/mol. The number of benzene rings is 2. The van der Waals surface area contributed by atoms with Crippen molar-refractivity contribution >= 4 is 23.1 Å². The van der Waals surface area contributed by atoms with Gasteiger partial charge in [-0.2, -0.15) is 0 Å². The summed E-state index contributed by atoms with van der Waals surface area (Å²) in [6.07, 6.45) is 0.0440. The molecule has 2 aromatic carbocycles. The molecule has 4 nitrogen and oxygen atoms in total. The Labute approximate surface area is 122 Å². The van der Waals surface area contributed by atoms with Gasteiger partial charge in [-0.05, 0) is 30.7 Å². The second kappa shape index (κ2) is 4.82. The number of hydrogen-bond donors (Lipinski definition) is 1. The van der Waals surface area contributed by atoms with Crippen LogP contribution in [0.5, 0.6) is 0 Å². The lowest BCUT2D eigenvalue weighted by Crippen LogP contribution is -2.56. The van der Waals surface area contributed by atoms with Crippen LogP contribution in [-0.4, -0.2) is 22.4 Å². The van der Waals surface area contributed by atoms with Crippen LogP contribution in [-0.2, 0) is 4.79 Å². The van der Waals surface area contributed by atoms with E-state index in [1.165, 1.54) is 4.90 Å². The highest BCUT2D eigenvalue weighted by Crippen LogP contribution is 2.38. The van der Waals surface area contributed by atoms with Crippen LogP contribution in [0, 0.1) is 0 Å². The van der Waals surface area contributed by atoms with E-state index in [1.807, 2.05) is 18.2 Å². The molecule has 1 heterocycles. The van der Waals surface area contributed by atoms with Gasteiger partial charge in [0.05, 0.1) is 5.69 Å². The number of rotatable bonds is 2. The zero-order chi connectivity index (χ0) is 15.0. The third kappa shape index (κ3) is 1.87. The highest BCUT2D eigenvalue weighted by molar-refractivity contribution is 6.29. The maximum absolute atomic E-state index is 12.7. The Kier molecular flexibility index (Phi) is 3.11. The maximum atomic E-state index is 12.7. The number of nitrogens with zero attached hydrogens (tertiary/aromatic N) is 1. The van der Waals surface area contributed by atoms with Crippen molar-refractivity contribution in [2.75, 3.05) is 4.90 Å². The Morgan fingerprint density at radius 2 is 1.62 bits per heavy atom. The largest absolute Gasteiger partial charge is 0.373 e. The molecule has 0 radical (unpaired) electrons. The Morgan fingerprint density at radius 3 is 2.29 bits per heavy atom. The van der Waals surface area contributed by atoms with Gasteiger partial charge in [-0.3, -0.25) is 14.5 Å². The van der Waals surface area contributed by atoms with Crippen LogP contribution in [0.25, 0.3) is 0 Å². The molecule has 0 saturated carbocycles. The zero-order valence-corrected chi connectivity index (χ0v) is 11.6. The van der Waals surface area contributed by atoms with Gasteiger partial charge in [0, 0.05) is 11.3 Å². The molecule has 1 atom stereocenters. The fourth-order valence-corrected chi connectivity index (χ4v) is 2.62. The smallest absolute Gasteiger partial charge is 0.271 e. The fraction of sp³-hybridized carbons (Fsp3) is 0.176. The molecule has 0 bridgehead atoms. The first-order valence-corrected chi connectivity index (χ1v) is 6.85. The van der Waals surface area contributed by atoms with E-state index in [2.05, 4.69) is 0 Å². The van der Waals surface area contributed by atoms with E-state index in [-0.39, 0.29) is 6.42 Å². The predicted octanol–water partition coefficient (Wildman–Crippen LogP) is 2.69. The number of anilines is 2. The van der Waals surface area contributed by atoms with Gasteiger partial charge in [0.1, 0.15) is 0 Å². The van der Waals surface area contributed by atoms with Crippen molar-refractivity contribution in [2.24, 2.45) is 0 Å². The summed E-state index contributed by atoms with van der Waals surface area (Å²) in [7, 11) is 0. The standard InChI is InChI=1S/C17H15NO3/c1-2-17(21)15(19)13-10-6-7-11-14(13)18(16(17)20)12-8-4-3-5-9-12/h3-11,21H,2H2,1H3. The molecule has 3 rings (SSSR count). The van der Waals surface area contributed by atoms with Crippen LogP contribution in [0.4, 0.5) is 11.4 Å². The number of hydrogen-bond acceptors (Lipinski definition) is 3. The first-order valence-electron chi connectivity index (χ1n) is 6.85. The van der Waals surface area contributed by atoms with Crippen LogP contribution in [0.3, 0.4) is 0 Å². The van der Waals surface area contributed by atoms with Gasteiger partial charge in [-0.15, -0.1) is 0 Å². The molecule has 0 fully saturated rings. The van der Waals surface area contributed by atoms with Gasteiger partial charge in [0.25, 0.3) is 5.91 Å². The van der Waals surface area contributed by atoms with Crippen LogP contribution in [0.1, 0.15) is 23.7 Å². The molecular weight excluding hydrogens is 266 g/mol. The number of fused-ring (bicyclic) bond motifs is 1. The molecule has 0 spiro atoms. The lowest BCUT2D eigenvalue weighted by Gasteiger charge is -2.37. The molecule has 21 heavy (non-hydrogen) atoms. The second-order valence-corrected chi connectivity index (χ2v) is 5.04. The molecule has 1 N–H and O–H groups in total. The number of para-hydroxylation sites is 2. The number of amides is 1. The Bertz CT molecular complexity index is 711. The number of ketones is 1. The SMILES string of the molecule is CCC1(O)C(=O)c2ccccc2N(c2ccccc2)C1=O. The van der Waals surface area contributed by atoms with Crippen molar-refractivity contribution < 1.29 is 14.7 Å². The topological polar surface area (TPSA) is 57.6 Å². The van der Waals surface area contributed by atoms with Crippen LogP contribution in [0.15, 0.2) is 54.6 Å². The van der Waals surface area contributed by atoms with Crippen molar-refractivity contribution in [2.45, 2.75) is 18.9 Å². The van der Waals surface area contributed by atoms with E-state index in [1.54, 1.807) is 43.3 Å². The molecule has 4 heteroatoms. The Hall–Kier alpha value is -2.46. The van der Waals surface area contributed by atoms with Crippen molar-refractivity contribution in [1.82, 2.24) is 0 Å². The zero-order valence-electron chi connectivity index (χ0n) is 11.6. The molecule has 1 amide bonds. The Balaban J connectivity index is 2.26. The van der Waals surface area contributed by atoms with Gasteiger partial charge in [0.15, 0.2) is 0 Å². The van der Waals surface area contributed by atoms with Crippen LogP contribution in [0.2, 0.25) is 0 Å². The summed E-state index contributed by atoms with van der Waals surface area (Å²) >= 11 is 0. The van der Waals surface area contributed by atoms with E-state index in [4.69, 9.17) is 0 Å². The average Bonchev–Trinajstić information content (AvgIpc) is 2.54. The Morgan fingerprint density at radius 1 is 1.00 bits per heavy atom. The molecule has 1 aliphatic heterocycles. The van der Waals surface area contributed by atoms with Gasteiger partial charge in [-0.25, -0.2) is 0 Å². The summed E-state index contributed by atoms with van der Waals surface area (Å²) in [4.78, 5) is 26.6. The van der Waals surface area contributed by atoms with Crippen molar-refractivity contribution in [1.29, 1.82) is 0 Å². The van der Waals surface area contributed by atoms with Gasteiger partial charge in [0.2, 0.25) is 11.4 Å². The summed E-state index contributed by atoms with van der Waals surface area (Å²) in [5, 5.41) is 10.6. The fourth-order valence-electron chi connectivity index (χ4n) is 2.62. The van der Waals surface area contributed by atoms with Crippen molar-refractivity contribution in [3.05, 3.63) is 60.2 Å². The quantitative estimate of drug-likeness (QED) is 0.861. The predicted molar refractivity (Wildman–Crippen MR) is 79.6 cm³/mol.